The zero-order valence-electron chi connectivity index (χ0n) is 15.7. The summed E-state index contributed by atoms with van der Waals surface area (Å²) in [6.45, 7) is 8.90. The van der Waals surface area contributed by atoms with E-state index in [0.29, 0.717) is 5.92 Å². The minimum Gasteiger partial charge on any atom is -0.339 e. The molecule has 1 aliphatic heterocycles. The molecule has 1 aliphatic rings. The van der Waals surface area contributed by atoms with E-state index in [4.69, 9.17) is 0 Å². The van der Waals surface area contributed by atoms with Crippen molar-refractivity contribution < 1.29 is 4.79 Å². The van der Waals surface area contributed by atoms with Gasteiger partial charge in [-0.3, -0.25) is 4.79 Å². The Morgan fingerprint density at radius 3 is 2.76 bits per heavy atom. The SMILES string of the molecule is CCC(C)n1ncc2c(C(=O)N3CCC(CNC)CC3)cc(C)nc21. The number of rotatable bonds is 5. The number of nitrogens with zero attached hydrogens (tertiary/aromatic N) is 4. The number of hydrogen-bond acceptors (Lipinski definition) is 4. The van der Waals surface area contributed by atoms with Crippen LogP contribution in [0.5, 0.6) is 0 Å². The molecule has 0 aliphatic carbocycles. The van der Waals surface area contributed by atoms with Crippen LogP contribution in [0.1, 0.15) is 55.2 Å². The van der Waals surface area contributed by atoms with E-state index < -0.39 is 0 Å². The van der Waals surface area contributed by atoms with Crippen molar-refractivity contribution in [3.63, 3.8) is 0 Å². The highest BCUT2D eigenvalue weighted by Crippen LogP contribution is 2.25. The Morgan fingerprint density at radius 1 is 1.40 bits per heavy atom. The second-order valence-electron chi connectivity index (χ2n) is 7.19. The number of pyridine rings is 1. The van der Waals surface area contributed by atoms with Gasteiger partial charge in [-0.2, -0.15) is 5.10 Å². The predicted octanol–water partition coefficient (Wildman–Crippen LogP) is 2.78. The molecule has 136 valence electrons. The smallest absolute Gasteiger partial charge is 0.254 e. The molecule has 0 saturated carbocycles. The molecule has 25 heavy (non-hydrogen) atoms. The van der Waals surface area contributed by atoms with Gasteiger partial charge >= 0.3 is 0 Å². The number of likely N-dealkylation sites (tertiary alicyclic amines) is 1. The van der Waals surface area contributed by atoms with Crippen LogP contribution in [0.2, 0.25) is 0 Å². The van der Waals surface area contributed by atoms with Gasteiger partial charge in [0.15, 0.2) is 5.65 Å². The Hall–Kier alpha value is -1.95. The van der Waals surface area contributed by atoms with Crippen LogP contribution in [0.4, 0.5) is 0 Å². The minimum atomic E-state index is 0.113. The second-order valence-corrected chi connectivity index (χ2v) is 7.19. The lowest BCUT2D eigenvalue weighted by atomic mass is 9.96. The van der Waals surface area contributed by atoms with Crippen molar-refractivity contribution in [1.29, 1.82) is 0 Å². The first-order valence-electron chi connectivity index (χ1n) is 9.33. The van der Waals surface area contributed by atoms with E-state index in [1.165, 1.54) is 0 Å². The van der Waals surface area contributed by atoms with E-state index in [1.54, 1.807) is 6.20 Å². The average molecular weight is 343 g/mol. The van der Waals surface area contributed by atoms with Gasteiger partial charge in [-0.25, -0.2) is 9.67 Å². The second kappa shape index (κ2) is 7.52. The normalized spacial score (nSPS) is 17.2. The van der Waals surface area contributed by atoms with Crippen LogP contribution in [-0.4, -0.2) is 52.3 Å². The number of piperidine rings is 1. The number of fused-ring (bicyclic) bond motifs is 1. The Bertz CT molecular complexity index is 746. The fourth-order valence-corrected chi connectivity index (χ4v) is 3.61. The summed E-state index contributed by atoms with van der Waals surface area (Å²) in [5, 5.41) is 8.62. The van der Waals surface area contributed by atoms with Gasteiger partial charge in [-0.05, 0) is 58.7 Å². The van der Waals surface area contributed by atoms with Crippen LogP contribution in [0.25, 0.3) is 11.0 Å². The van der Waals surface area contributed by atoms with Gasteiger partial charge < -0.3 is 10.2 Å². The highest BCUT2D eigenvalue weighted by atomic mass is 16.2. The fraction of sp³-hybridized carbons (Fsp3) is 0.632. The highest BCUT2D eigenvalue weighted by molar-refractivity contribution is 6.05. The van der Waals surface area contributed by atoms with Crippen LogP contribution < -0.4 is 5.32 Å². The quantitative estimate of drug-likeness (QED) is 0.907. The molecular weight excluding hydrogens is 314 g/mol. The minimum absolute atomic E-state index is 0.113. The van der Waals surface area contributed by atoms with Gasteiger partial charge in [0.05, 0.1) is 23.2 Å². The topological polar surface area (TPSA) is 63.1 Å². The van der Waals surface area contributed by atoms with Gasteiger partial charge in [0, 0.05) is 18.8 Å². The van der Waals surface area contributed by atoms with E-state index in [2.05, 4.69) is 29.2 Å². The molecule has 1 unspecified atom stereocenters. The summed E-state index contributed by atoms with van der Waals surface area (Å²) in [6.07, 6.45) is 4.90. The highest BCUT2D eigenvalue weighted by Gasteiger charge is 2.26. The van der Waals surface area contributed by atoms with Crippen molar-refractivity contribution in [2.24, 2.45) is 5.92 Å². The molecule has 1 N–H and O–H groups in total. The fourth-order valence-electron chi connectivity index (χ4n) is 3.61. The predicted molar refractivity (Wildman–Crippen MR) is 99.8 cm³/mol. The lowest BCUT2D eigenvalue weighted by Gasteiger charge is -2.32. The van der Waals surface area contributed by atoms with Crippen molar-refractivity contribution in [2.75, 3.05) is 26.7 Å². The first-order valence-corrected chi connectivity index (χ1v) is 9.33. The summed E-state index contributed by atoms with van der Waals surface area (Å²) in [6, 6.07) is 2.18. The first kappa shape index (κ1) is 17.9. The molecule has 1 saturated heterocycles. The van der Waals surface area contributed by atoms with Crippen LogP contribution >= 0.6 is 0 Å². The first-order chi connectivity index (χ1) is 12.0. The van der Waals surface area contributed by atoms with E-state index in [9.17, 15) is 4.79 Å². The van der Waals surface area contributed by atoms with Crippen molar-refractivity contribution in [1.82, 2.24) is 25.0 Å². The molecule has 3 heterocycles. The maximum Gasteiger partial charge on any atom is 0.254 e. The molecule has 3 rings (SSSR count). The number of hydrogen-bond donors (Lipinski definition) is 1. The number of aryl methyl sites for hydroxylation is 1. The van der Waals surface area contributed by atoms with Gasteiger partial charge in [0.1, 0.15) is 0 Å². The van der Waals surface area contributed by atoms with E-state index >= 15 is 0 Å². The standard InChI is InChI=1S/C19H29N5O/c1-5-14(3)24-18-17(12-21-24)16(10-13(2)22-18)19(25)23-8-6-15(7-9-23)11-20-4/h10,12,14-15,20H,5-9,11H2,1-4H3. The van der Waals surface area contributed by atoms with Gasteiger partial charge in [-0.1, -0.05) is 6.92 Å². The molecule has 1 fully saturated rings. The molecule has 1 atom stereocenters. The van der Waals surface area contributed by atoms with Crippen LogP contribution in [0.3, 0.4) is 0 Å². The van der Waals surface area contributed by atoms with Crippen LogP contribution in [0.15, 0.2) is 12.3 Å². The number of nitrogens with one attached hydrogen (secondary N) is 1. The Morgan fingerprint density at radius 2 is 2.12 bits per heavy atom. The van der Waals surface area contributed by atoms with Crippen molar-refractivity contribution in [3.8, 4) is 0 Å². The van der Waals surface area contributed by atoms with Gasteiger partial charge in [0.2, 0.25) is 0 Å². The van der Waals surface area contributed by atoms with E-state index in [0.717, 1.165) is 61.2 Å². The lowest BCUT2D eigenvalue weighted by molar-refractivity contribution is 0.0692. The molecule has 2 aromatic rings. The summed E-state index contributed by atoms with van der Waals surface area (Å²) < 4.78 is 1.94. The summed E-state index contributed by atoms with van der Waals surface area (Å²) in [5.41, 5.74) is 2.43. The molecule has 2 aromatic heterocycles. The Labute approximate surface area is 149 Å². The number of aromatic nitrogens is 3. The zero-order valence-corrected chi connectivity index (χ0v) is 15.7. The molecule has 1 amide bonds. The van der Waals surface area contributed by atoms with Gasteiger partial charge in [-0.15, -0.1) is 0 Å². The number of carbonyl (C=O) groups is 1. The van der Waals surface area contributed by atoms with E-state index in [1.807, 2.05) is 29.6 Å². The Balaban J connectivity index is 1.88. The molecule has 6 heteroatoms. The zero-order chi connectivity index (χ0) is 18.0. The van der Waals surface area contributed by atoms with E-state index in [-0.39, 0.29) is 11.9 Å². The monoisotopic (exact) mass is 343 g/mol. The molecule has 6 nitrogen and oxygen atoms in total. The number of carbonyl (C=O) groups excluding carboxylic acids is 1. The maximum absolute atomic E-state index is 13.1. The molecule has 0 bridgehead atoms. The number of amides is 1. The van der Waals surface area contributed by atoms with Crippen molar-refractivity contribution >= 4 is 16.9 Å². The molecular formula is C19H29N5O. The van der Waals surface area contributed by atoms with Gasteiger partial charge in [0.25, 0.3) is 5.91 Å². The average Bonchev–Trinajstić information content (AvgIpc) is 3.04. The van der Waals surface area contributed by atoms with Crippen molar-refractivity contribution in [3.05, 3.63) is 23.5 Å². The largest absolute Gasteiger partial charge is 0.339 e. The molecule has 0 radical (unpaired) electrons. The summed E-state index contributed by atoms with van der Waals surface area (Å²) >= 11 is 0. The summed E-state index contributed by atoms with van der Waals surface area (Å²) in [5.74, 6) is 0.781. The third-order valence-electron chi connectivity index (χ3n) is 5.33. The summed E-state index contributed by atoms with van der Waals surface area (Å²) in [7, 11) is 1.99. The third kappa shape index (κ3) is 3.54. The maximum atomic E-state index is 13.1. The summed E-state index contributed by atoms with van der Waals surface area (Å²) in [4.78, 5) is 19.8. The van der Waals surface area contributed by atoms with Crippen LogP contribution in [-0.2, 0) is 0 Å². The van der Waals surface area contributed by atoms with Crippen molar-refractivity contribution in [2.45, 2.75) is 46.1 Å². The molecule has 0 aromatic carbocycles. The molecule has 0 spiro atoms. The lowest BCUT2D eigenvalue weighted by Crippen LogP contribution is -2.40. The van der Waals surface area contributed by atoms with Crippen LogP contribution in [0, 0.1) is 12.8 Å². The Kier molecular flexibility index (Phi) is 5.37. The third-order valence-corrected chi connectivity index (χ3v) is 5.33.